The van der Waals surface area contributed by atoms with Gasteiger partial charge in [-0.2, -0.15) is 5.26 Å². The molecule has 7 heteroatoms. The van der Waals surface area contributed by atoms with E-state index >= 15 is 0 Å². The normalized spacial score (nSPS) is 23.6. The lowest BCUT2D eigenvalue weighted by Crippen LogP contribution is -2.40. The van der Waals surface area contributed by atoms with E-state index in [-0.39, 0.29) is 5.41 Å². The Balaban J connectivity index is 1.27. The second kappa shape index (κ2) is 6.79. The van der Waals surface area contributed by atoms with E-state index in [0.717, 1.165) is 48.5 Å². The Morgan fingerprint density at radius 2 is 2.30 bits per heavy atom. The number of anilines is 1. The SMILES string of the molecule is N#Cc1ccc2[nH]cc(CN3CCC4(COCc5cnc(NC6CC6)nc54)C3)c2c1. The van der Waals surface area contributed by atoms with Crippen molar-refractivity contribution >= 4 is 16.9 Å². The van der Waals surface area contributed by atoms with Gasteiger partial charge in [0.15, 0.2) is 0 Å². The Labute approximate surface area is 175 Å². The highest BCUT2D eigenvalue weighted by atomic mass is 16.5. The van der Waals surface area contributed by atoms with Gasteiger partial charge in [0.1, 0.15) is 0 Å². The van der Waals surface area contributed by atoms with Crippen molar-refractivity contribution in [3.05, 3.63) is 53.0 Å². The molecule has 7 nitrogen and oxygen atoms in total. The molecule has 4 heterocycles. The smallest absolute Gasteiger partial charge is 0.223 e. The molecule has 1 spiro atoms. The third-order valence-electron chi connectivity index (χ3n) is 6.64. The maximum Gasteiger partial charge on any atom is 0.223 e. The molecule has 0 bridgehead atoms. The standard InChI is InChI=1S/C23H24N6O/c24-8-15-1-4-20-19(7-15)16(9-25-20)11-29-6-5-23(13-29)14-30-12-17-10-26-22(28-21(17)23)27-18-2-3-18/h1,4,7,9-10,18,25H,2-3,5-6,11-14H2,(H,26,27,28). The van der Waals surface area contributed by atoms with E-state index in [1.165, 1.54) is 24.1 Å². The lowest BCUT2D eigenvalue weighted by atomic mass is 9.80. The van der Waals surface area contributed by atoms with E-state index in [0.29, 0.717) is 24.8 Å². The van der Waals surface area contributed by atoms with Crippen molar-refractivity contribution in [2.24, 2.45) is 0 Å². The topological polar surface area (TPSA) is 89.9 Å². The van der Waals surface area contributed by atoms with Crippen LogP contribution in [-0.4, -0.2) is 45.6 Å². The van der Waals surface area contributed by atoms with Crippen LogP contribution in [0.15, 0.2) is 30.6 Å². The average molecular weight is 400 g/mol. The molecule has 0 radical (unpaired) electrons. The molecule has 1 saturated heterocycles. The van der Waals surface area contributed by atoms with Gasteiger partial charge in [-0.3, -0.25) is 4.90 Å². The summed E-state index contributed by atoms with van der Waals surface area (Å²) in [5, 5.41) is 13.8. The van der Waals surface area contributed by atoms with Crippen molar-refractivity contribution in [3.63, 3.8) is 0 Å². The van der Waals surface area contributed by atoms with Crippen molar-refractivity contribution in [1.82, 2.24) is 19.9 Å². The summed E-state index contributed by atoms with van der Waals surface area (Å²) < 4.78 is 5.98. The first-order chi connectivity index (χ1) is 14.7. The zero-order valence-electron chi connectivity index (χ0n) is 16.8. The number of benzene rings is 1. The van der Waals surface area contributed by atoms with Gasteiger partial charge in [-0.25, -0.2) is 9.97 Å². The second-order valence-electron chi connectivity index (χ2n) is 8.91. The fourth-order valence-electron chi connectivity index (χ4n) is 4.90. The Bertz CT molecular complexity index is 1160. The van der Waals surface area contributed by atoms with Gasteiger partial charge in [0.2, 0.25) is 5.95 Å². The minimum absolute atomic E-state index is 0.0690. The number of aromatic amines is 1. The third-order valence-corrected chi connectivity index (χ3v) is 6.64. The first kappa shape index (κ1) is 17.9. The van der Waals surface area contributed by atoms with E-state index in [1.54, 1.807) is 0 Å². The summed E-state index contributed by atoms with van der Waals surface area (Å²) in [5.74, 6) is 0.761. The molecule has 1 atom stereocenters. The number of likely N-dealkylation sites (tertiary alicyclic amines) is 1. The maximum atomic E-state index is 9.25. The molecule has 2 aromatic heterocycles. The van der Waals surface area contributed by atoms with Crippen LogP contribution in [0.1, 0.15) is 41.6 Å². The van der Waals surface area contributed by atoms with Crippen LogP contribution in [0.25, 0.3) is 10.9 Å². The highest BCUT2D eigenvalue weighted by Crippen LogP contribution is 2.40. The van der Waals surface area contributed by atoms with Gasteiger partial charge in [0, 0.05) is 48.0 Å². The van der Waals surface area contributed by atoms with Crippen molar-refractivity contribution in [3.8, 4) is 6.07 Å². The predicted molar refractivity (Wildman–Crippen MR) is 113 cm³/mol. The van der Waals surface area contributed by atoms with E-state index in [9.17, 15) is 5.26 Å². The summed E-state index contributed by atoms with van der Waals surface area (Å²) in [6.07, 6.45) is 7.47. The first-order valence-electron chi connectivity index (χ1n) is 10.7. The maximum absolute atomic E-state index is 9.25. The zero-order valence-corrected chi connectivity index (χ0v) is 16.8. The van der Waals surface area contributed by atoms with Gasteiger partial charge in [-0.15, -0.1) is 0 Å². The van der Waals surface area contributed by atoms with E-state index in [2.05, 4.69) is 32.5 Å². The molecule has 0 amide bonds. The lowest BCUT2D eigenvalue weighted by molar-refractivity contribution is 0.0503. The summed E-state index contributed by atoms with van der Waals surface area (Å²) in [7, 11) is 0. The van der Waals surface area contributed by atoms with Crippen LogP contribution in [0, 0.1) is 11.3 Å². The molecule has 152 valence electrons. The Morgan fingerprint density at radius 1 is 1.37 bits per heavy atom. The van der Waals surface area contributed by atoms with Crippen molar-refractivity contribution < 1.29 is 4.74 Å². The quantitative estimate of drug-likeness (QED) is 0.700. The first-order valence-corrected chi connectivity index (χ1v) is 10.7. The summed E-state index contributed by atoms with van der Waals surface area (Å²) in [4.78, 5) is 15.3. The van der Waals surface area contributed by atoms with Crippen molar-refractivity contribution in [2.45, 2.75) is 43.9 Å². The van der Waals surface area contributed by atoms with Crippen LogP contribution in [0.5, 0.6) is 0 Å². The van der Waals surface area contributed by atoms with Crippen LogP contribution in [0.2, 0.25) is 0 Å². The number of nitrogens with zero attached hydrogens (tertiary/aromatic N) is 4. The number of hydrogen-bond donors (Lipinski definition) is 2. The molecule has 3 aliphatic rings. The summed E-state index contributed by atoms with van der Waals surface area (Å²) >= 11 is 0. The van der Waals surface area contributed by atoms with Crippen LogP contribution < -0.4 is 5.32 Å². The fraction of sp³-hybridized carbons (Fsp3) is 0.435. The molecule has 2 N–H and O–H groups in total. The van der Waals surface area contributed by atoms with Crippen molar-refractivity contribution in [2.75, 3.05) is 25.0 Å². The molecule has 1 saturated carbocycles. The monoisotopic (exact) mass is 400 g/mol. The van der Waals surface area contributed by atoms with Gasteiger partial charge in [0.25, 0.3) is 0 Å². The molecule has 1 aromatic carbocycles. The number of fused-ring (bicyclic) bond motifs is 3. The van der Waals surface area contributed by atoms with Gasteiger partial charge in [-0.1, -0.05) is 0 Å². The Kier molecular flexibility index (Phi) is 4.05. The largest absolute Gasteiger partial charge is 0.376 e. The summed E-state index contributed by atoms with van der Waals surface area (Å²) in [6, 6.07) is 8.61. The number of H-pyrrole nitrogens is 1. The van der Waals surface area contributed by atoms with E-state index < -0.39 is 0 Å². The summed E-state index contributed by atoms with van der Waals surface area (Å²) in [5.41, 5.74) is 5.22. The van der Waals surface area contributed by atoms with Crippen LogP contribution in [0.4, 0.5) is 5.95 Å². The molecule has 6 rings (SSSR count). The number of nitriles is 1. The van der Waals surface area contributed by atoms with E-state index in [1.807, 2.05) is 24.4 Å². The molecule has 1 unspecified atom stereocenters. The number of hydrogen-bond acceptors (Lipinski definition) is 6. The fourth-order valence-corrected chi connectivity index (χ4v) is 4.90. The third kappa shape index (κ3) is 3.04. The minimum Gasteiger partial charge on any atom is -0.376 e. The molecule has 2 fully saturated rings. The van der Waals surface area contributed by atoms with Gasteiger partial charge in [-0.05, 0) is 49.6 Å². The molecule has 3 aromatic rings. The van der Waals surface area contributed by atoms with E-state index in [4.69, 9.17) is 9.72 Å². The molecule has 30 heavy (non-hydrogen) atoms. The van der Waals surface area contributed by atoms with Gasteiger partial charge >= 0.3 is 0 Å². The highest BCUT2D eigenvalue weighted by molar-refractivity contribution is 5.84. The van der Waals surface area contributed by atoms with Crippen LogP contribution in [-0.2, 0) is 23.3 Å². The van der Waals surface area contributed by atoms with Crippen LogP contribution in [0.3, 0.4) is 0 Å². The number of aromatic nitrogens is 3. The van der Waals surface area contributed by atoms with Gasteiger partial charge in [0.05, 0.1) is 36.0 Å². The highest BCUT2D eigenvalue weighted by Gasteiger charge is 2.45. The Hall–Kier alpha value is -2.95. The van der Waals surface area contributed by atoms with Crippen molar-refractivity contribution in [1.29, 1.82) is 5.26 Å². The molecule has 2 aliphatic heterocycles. The number of nitrogens with one attached hydrogen (secondary N) is 2. The predicted octanol–water partition coefficient (Wildman–Crippen LogP) is 3.08. The number of ether oxygens (including phenoxy) is 1. The Morgan fingerprint density at radius 3 is 3.17 bits per heavy atom. The average Bonchev–Trinajstić information content (AvgIpc) is 3.37. The number of rotatable bonds is 4. The summed E-state index contributed by atoms with van der Waals surface area (Å²) in [6.45, 7) is 4.08. The molecular formula is C23H24N6O. The molecule has 1 aliphatic carbocycles. The zero-order chi connectivity index (χ0) is 20.1. The lowest BCUT2D eigenvalue weighted by Gasteiger charge is -2.34. The van der Waals surface area contributed by atoms with Crippen LogP contribution >= 0.6 is 0 Å². The minimum atomic E-state index is -0.0690. The molecular weight excluding hydrogens is 376 g/mol. The second-order valence-corrected chi connectivity index (χ2v) is 8.91. The van der Waals surface area contributed by atoms with Gasteiger partial charge < -0.3 is 15.0 Å².